The minimum absolute atomic E-state index is 0.0413. The van der Waals surface area contributed by atoms with Gasteiger partial charge in [0.2, 0.25) is 0 Å². The number of ether oxygens (including phenoxy) is 2. The Morgan fingerprint density at radius 1 is 1.20 bits per heavy atom. The normalized spacial score (nSPS) is 18.9. The molecule has 0 bridgehead atoms. The first kappa shape index (κ1) is 19.9. The first-order valence-corrected chi connectivity index (χ1v) is 7.46. The second kappa shape index (κ2) is 8.37. The zero-order valence-electron chi connectivity index (χ0n) is 14.0. The Labute approximate surface area is 125 Å². The van der Waals surface area contributed by atoms with Gasteiger partial charge in [0, 0.05) is 12.1 Å². The lowest BCUT2D eigenvalue weighted by Crippen LogP contribution is -2.57. The van der Waals surface area contributed by atoms with Crippen LogP contribution in [0.1, 0.15) is 54.4 Å². The monoisotopic (exact) mass is 285 g/mol. The molecule has 2 radical (unpaired) electrons. The van der Waals surface area contributed by atoms with Crippen molar-refractivity contribution < 1.29 is 14.6 Å². The fourth-order valence-electron chi connectivity index (χ4n) is 1.77. The van der Waals surface area contributed by atoms with Gasteiger partial charge in [-0.25, -0.2) is 0 Å². The Bertz CT molecular complexity index is 268. The van der Waals surface area contributed by atoms with E-state index in [0.717, 1.165) is 0 Å². The van der Waals surface area contributed by atoms with E-state index in [9.17, 15) is 5.11 Å². The minimum Gasteiger partial charge on any atom is -0.391 e. The molecule has 0 aliphatic rings. The molecule has 0 saturated heterocycles. The average Bonchev–Trinajstić information content (AvgIpc) is 2.24. The van der Waals surface area contributed by atoms with Crippen LogP contribution in [0.3, 0.4) is 0 Å². The Balaban J connectivity index is 4.30. The highest BCUT2D eigenvalue weighted by atomic mass is 16.5. The van der Waals surface area contributed by atoms with Gasteiger partial charge in [-0.05, 0) is 47.5 Å². The molecule has 0 rings (SSSR count). The topological polar surface area (TPSA) is 64.7 Å². The number of aliphatic hydroxyl groups is 1. The second-order valence-electron chi connectivity index (χ2n) is 6.78. The third-order valence-electron chi connectivity index (χ3n) is 3.73. The maximum atomic E-state index is 9.83. The second-order valence-corrected chi connectivity index (χ2v) is 6.78. The minimum atomic E-state index is -0.558. The van der Waals surface area contributed by atoms with Gasteiger partial charge in [0.15, 0.2) is 0 Å². The number of nitrogens with two attached hydrogens (primary N) is 1. The highest BCUT2D eigenvalue weighted by molar-refractivity contribution is 6.11. The summed E-state index contributed by atoms with van der Waals surface area (Å²) in [5, 5.41) is 9.83. The van der Waals surface area contributed by atoms with Crippen LogP contribution < -0.4 is 5.73 Å². The molecule has 3 N–H and O–H groups in total. The van der Waals surface area contributed by atoms with Crippen molar-refractivity contribution in [2.24, 2.45) is 5.73 Å². The fraction of sp³-hybridized carbons (Fsp3) is 1.00. The van der Waals surface area contributed by atoms with Gasteiger partial charge in [0.05, 0.1) is 32.3 Å². The first-order chi connectivity index (χ1) is 8.98. The molecule has 5 heteroatoms. The summed E-state index contributed by atoms with van der Waals surface area (Å²) in [5.41, 5.74) is 5.28. The summed E-state index contributed by atoms with van der Waals surface area (Å²) < 4.78 is 11.4. The molecule has 0 amide bonds. The maximum absolute atomic E-state index is 9.83. The molecule has 4 nitrogen and oxygen atoms in total. The molecule has 0 aromatic heterocycles. The van der Waals surface area contributed by atoms with Crippen LogP contribution in [0.2, 0.25) is 5.82 Å². The highest BCUT2D eigenvalue weighted by Crippen LogP contribution is 2.27. The molecule has 0 aromatic carbocycles. The standard InChI is InChI=1S/C15H32BNO3/c1-11(2)19-8-7-15(6,17)14(4,5)20-10-13(18)9-12(3)16/h11-13,18H,7-10,17H2,1-6H3. The summed E-state index contributed by atoms with van der Waals surface area (Å²) in [6, 6.07) is 0. The van der Waals surface area contributed by atoms with Crippen LogP contribution >= 0.6 is 0 Å². The van der Waals surface area contributed by atoms with Crippen LogP contribution in [0.5, 0.6) is 0 Å². The third kappa shape index (κ3) is 7.62. The van der Waals surface area contributed by atoms with Crippen molar-refractivity contribution in [3.05, 3.63) is 0 Å². The van der Waals surface area contributed by atoms with Crippen LogP contribution in [-0.2, 0) is 9.47 Å². The molecule has 3 atom stereocenters. The van der Waals surface area contributed by atoms with Crippen molar-refractivity contribution in [1.82, 2.24) is 0 Å². The summed E-state index contributed by atoms with van der Waals surface area (Å²) in [7, 11) is 5.66. The SMILES string of the molecule is [B]C(C)CC(O)COC(C)(C)C(C)(N)CCOC(C)C. The van der Waals surface area contributed by atoms with Crippen molar-refractivity contribution >= 4 is 7.85 Å². The summed E-state index contributed by atoms with van der Waals surface area (Å²) >= 11 is 0. The number of hydrogen-bond donors (Lipinski definition) is 2. The van der Waals surface area contributed by atoms with Crippen molar-refractivity contribution in [2.45, 2.75) is 83.5 Å². The van der Waals surface area contributed by atoms with Gasteiger partial charge in [0.1, 0.15) is 0 Å². The van der Waals surface area contributed by atoms with E-state index in [-0.39, 0.29) is 18.5 Å². The van der Waals surface area contributed by atoms with E-state index in [1.54, 1.807) is 0 Å². The van der Waals surface area contributed by atoms with Gasteiger partial charge in [-0.1, -0.05) is 12.7 Å². The van der Waals surface area contributed by atoms with Gasteiger partial charge >= 0.3 is 0 Å². The lowest BCUT2D eigenvalue weighted by atomic mass is 9.82. The summed E-state index contributed by atoms with van der Waals surface area (Å²) in [4.78, 5) is 0. The Morgan fingerprint density at radius 2 is 1.75 bits per heavy atom. The molecule has 0 spiro atoms. The number of hydrogen-bond acceptors (Lipinski definition) is 4. The summed E-state index contributed by atoms with van der Waals surface area (Å²) in [6.45, 7) is 12.5. The zero-order chi connectivity index (χ0) is 16.0. The first-order valence-electron chi connectivity index (χ1n) is 7.46. The van der Waals surface area contributed by atoms with Crippen molar-refractivity contribution in [3.8, 4) is 0 Å². The molecule has 0 aromatic rings. The Kier molecular flexibility index (Phi) is 8.33. The summed E-state index contributed by atoms with van der Waals surface area (Å²) in [5.74, 6) is -0.0413. The van der Waals surface area contributed by atoms with E-state index in [4.69, 9.17) is 23.1 Å². The van der Waals surface area contributed by atoms with Gasteiger partial charge in [-0.2, -0.15) is 0 Å². The lowest BCUT2D eigenvalue weighted by Gasteiger charge is -2.41. The molecule has 3 unspecified atom stereocenters. The van der Waals surface area contributed by atoms with E-state index in [1.807, 2.05) is 41.5 Å². The van der Waals surface area contributed by atoms with E-state index in [1.165, 1.54) is 0 Å². The Hall–Kier alpha value is -0.0951. The molecular weight excluding hydrogens is 253 g/mol. The van der Waals surface area contributed by atoms with Gasteiger partial charge in [-0.15, -0.1) is 0 Å². The van der Waals surface area contributed by atoms with E-state index in [2.05, 4.69) is 0 Å². The van der Waals surface area contributed by atoms with Gasteiger partial charge < -0.3 is 20.3 Å². The smallest absolute Gasteiger partial charge is 0.0804 e. The third-order valence-corrected chi connectivity index (χ3v) is 3.73. The van der Waals surface area contributed by atoms with Crippen LogP contribution in [0.4, 0.5) is 0 Å². The maximum Gasteiger partial charge on any atom is 0.0804 e. The lowest BCUT2D eigenvalue weighted by molar-refractivity contribution is -0.104. The van der Waals surface area contributed by atoms with Gasteiger partial charge in [-0.3, -0.25) is 0 Å². The van der Waals surface area contributed by atoms with E-state index in [0.29, 0.717) is 19.4 Å². The average molecular weight is 285 g/mol. The van der Waals surface area contributed by atoms with Crippen molar-refractivity contribution in [1.29, 1.82) is 0 Å². The summed E-state index contributed by atoms with van der Waals surface area (Å²) in [6.07, 6.45) is 0.856. The molecule has 0 saturated carbocycles. The van der Waals surface area contributed by atoms with Gasteiger partial charge in [0.25, 0.3) is 0 Å². The molecule has 0 aliphatic heterocycles. The number of aliphatic hydroxyl groups excluding tert-OH is 1. The molecule has 0 heterocycles. The Morgan fingerprint density at radius 3 is 2.20 bits per heavy atom. The molecule has 20 heavy (non-hydrogen) atoms. The largest absolute Gasteiger partial charge is 0.391 e. The highest BCUT2D eigenvalue weighted by Gasteiger charge is 2.38. The predicted molar refractivity (Wildman–Crippen MR) is 84.1 cm³/mol. The fourth-order valence-corrected chi connectivity index (χ4v) is 1.77. The molecule has 0 fully saturated rings. The van der Waals surface area contributed by atoms with E-state index >= 15 is 0 Å². The van der Waals surface area contributed by atoms with Crippen LogP contribution in [0.15, 0.2) is 0 Å². The van der Waals surface area contributed by atoms with Crippen LogP contribution in [0.25, 0.3) is 0 Å². The van der Waals surface area contributed by atoms with Crippen molar-refractivity contribution in [3.63, 3.8) is 0 Å². The number of rotatable bonds is 10. The quantitative estimate of drug-likeness (QED) is 0.603. The van der Waals surface area contributed by atoms with Crippen LogP contribution in [-0.4, -0.2) is 49.5 Å². The molecule has 118 valence electrons. The van der Waals surface area contributed by atoms with E-state index < -0.39 is 17.2 Å². The predicted octanol–water partition coefficient (Wildman–Crippen LogP) is 2.04. The van der Waals surface area contributed by atoms with Crippen molar-refractivity contribution in [2.75, 3.05) is 13.2 Å². The molecular formula is C15H32BNO3. The van der Waals surface area contributed by atoms with Crippen LogP contribution in [0, 0.1) is 0 Å². The zero-order valence-corrected chi connectivity index (χ0v) is 14.0. The molecule has 0 aliphatic carbocycles.